The van der Waals surface area contributed by atoms with Gasteiger partial charge in [-0.05, 0) is 18.2 Å². The van der Waals surface area contributed by atoms with Crippen molar-refractivity contribution in [2.75, 3.05) is 0 Å². The zero-order valence-corrected chi connectivity index (χ0v) is 7.14. The Morgan fingerprint density at radius 1 is 1.31 bits per heavy atom. The Kier molecular flexibility index (Phi) is 2.19. The van der Waals surface area contributed by atoms with E-state index in [1.165, 1.54) is 0 Å². The molecule has 0 aliphatic heterocycles. The van der Waals surface area contributed by atoms with Crippen LogP contribution in [0, 0.1) is 0 Å². The highest BCUT2D eigenvalue weighted by molar-refractivity contribution is 5.14. The van der Waals surface area contributed by atoms with Crippen molar-refractivity contribution in [2.24, 2.45) is 5.73 Å². The van der Waals surface area contributed by atoms with Gasteiger partial charge in [-0.25, -0.2) is 0 Å². The Labute approximate surface area is 76.1 Å². The molecule has 2 aromatic rings. The molecule has 0 fully saturated rings. The molecule has 2 heterocycles. The van der Waals surface area contributed by atoms with Gasteiger partial charge in [0.2, 0.25) is 0 Å². The van der Waals surface area contributed by atoms with Gasteiger partial charge in [-0.15, -0.1) is 0 Å². The molecule has 1 atom stereocenters. The highest BCUT2D eigenvalue weighted by Gasteiger charge is 2.09. The third-order valence-electron chi connectivity index (χ3n) is 1.97. The Morgan fingerprint density at radius 2 is 2.23 bits per heavy atom. The zero-order valence-electron chi connectivity index (χ0n) is 7.14. The fourth-order valence-electron chi connectivity index (χ4n) is 1.25. The highest BCUT2D eigenvalue weighted by Crippen LogP contribution is 2.16. The molecule has 3 heteroatoms. The summed E-state index contributed by atoms with van der Waals surface area (Å²) in [5, 5.41) is 0. The number of hydrogen-bond donors (Lipinski definition) is 1. The van der Waals surface area contributed by atoms with E-state index in [0.29, 0.717) is 6.42 Å². The molecule has 0 spiro atoms. The summed E-state index contributed by atoms with van der Waals surface area (Å²) in [5.74, 6) is 0.897. The van der Waals surface area contributed by atoms with Crippen molar-refractivity contribution in [3.63, 3.8) is 0 Å². The van der Waals surface area contributed by atoms with E-state index in [2.05, 4.69) is 0 Å². The maximum absolute atomic E-state index is 5.91. The monoisotopic (exact) mass is 177 g/mol. The normalized spacial score (nSPS) is 13.0. The van der Waals surface area contributed by atoms with Crippen molar-refractivity contribution in [3.8, 4) is 0 Å². The maximum Gasteiger partial charge on any atom is 0.105 e. The highest BCUT2D eigenvalue weighted by atomic mass is 16.3. The van der Waals surface area contributed by atoms with Gasteiger partial charge in [-0.3, -0.25) is 0 Å². The average Bonchev–Trinajstić information content (AvgIpc) is 2.74. The summed E-state index contributed by atoms with van der Waals surface area (Å²) < 4.78 is 10.1. The van der Waals surface area contributed by atoms with Crippen LogP contribution in [-0.2, 0) is 6.42 Å². The van der Waals surface area contributed by atoms with E-state index in [-0.39, 0.29) is 6.04 Å². The van der Waals surface area contributed by atoms with Crippen molar-refractivity contribution >= 4 is 0 Å². The van der Waals surface area contributed by atoms with Crippen molar-refractivity contribution in [2.45, 2.75) is 12.5 Å². The fourth-order valence-corrected chi connectivity index (χ4v) is 1.25. The molecule has 1 unspecified atom stereocenters. The second-order valence-corrected chi connectivity index (χ2v) is 2.95. The first kappa shape index (κ1) is 8.13. The molecule has 2 rings (SSSR count). The second kappa shape index (κ2) is 3.49. The molecule has 0 aromatic carbocycles. The molecule has 2 aromatic heterocycles. The number of rotatable bonds is 3. The van der Waals surface area contributed by atoms with Gasteiger partial charge in [-0.1, -0.05) is 0 Å². The van der Waals surface area contributed by atoms with E-state index in [9.17, 15) is 0 Å². The van der Waals surface area contributed by atoms with Gasteiger partial charge in [0.15, 0.2) is 0 Å². The molecule has 2 N–H and O–H groups in total. The molecular weight excluding hydrogens is 166 g/mol. The lowest BCUT2D eigenvalue weighted by Gasteiger charge is -2.05. The molecular formula is C10H11NO2. The molecule has 13 heavy (non-hydrogen) atoms. The Balaban J connectivity index is 2.04. The summed E-state index contributed by atoms with van der Waals surface area (Å²) in [6.07, 6.45) is 5.63. The Bertz CT molecular complexity index is 337. The summed E-state index contributed by atoms with van der Waals surface area (Å²) in [4.78, 5) is 0. The summed E-state index contributed by atoms with van der Waals surface area (Å²) in [5.41, 5.74) is 6.91. The largest absolute Gasteiger partial charge is 0.472 e. The maximum atomic E-state index is 5.91. The summed E-state index contributed by atoms with van der Waals surface area (Å²) in [7, 11) is 0. The van der Waals surface area contributed by atoms with Crippen molar-refractivity contribution in [1.82, 2.24) is 0 Å². The summed E-state index contributed by atoms with van der Waals surface area (Å²) in [6.45, 7) is 0. The minimum absolute atomic E-state index is 0.0510. The molecule has 3 nitrogen and oxygen atoms in total. The van der Waals surface area contributed by atoms with Crippen molar-refractivity contribution in [1.29, 1.82) is 0 Å². The van der Waals surface area contributed by atoms with Crippen LogP contribution in [0.1, 0.15) is 17.4 Å². The third kappa shape index (κ3) is 1.81. The van der Waals surface area contributed by atoms with E-state index < -0.39 is 0 Å². The molecule has 0 aliphatic rings. The second-order valence-electron chi connectivity index (χ2n) is 2.95. The van der Waals surface area contributed by atoms with Crippen LogP contribution in [0.5, 0.6) is 0 Å². The van der Waals surface area contributed by atoms with Gasteiger partial charge >= 0.3 is 0 Å². The van der Waals surface area contributed by atoms with Crippen LogP contribution < -0.4 is 5.73 Å². The molecule has 0 radical (unpaired) electrons. The predicted molar refractivity (Wildman–Crippen MR) is 48.0 cm³/mol. The minimum atomic E-state index is -0.0510. The van der Waals surface area contributed by atoms with Gasteiger partial charge in [0, 0.05) is 18.0 Å². The van der Waals surface area contributed by atoms with Crippen LogP contribution in [0.4, 0.5) is 0 Å². The van der Waals surface area contributed by atoms with Crippen LogP contribution in [-0.4, -0.2) is 0 Å². The lowest BCUT2D eigenvalue weighted by molar-refractivity contribution is 0.486. The lowest BCUT2D eigenvalue weighted by atomic mass is 10.1. The van der Waals surface area contributed by atoms with E-state index in [0.717, 1.165) is 11.3 Å². The van der Waals surface area contributed by atoms with Gasteiger partial charge in [0.05, 0.1) is 18.8 Å². The SMILES string of the molecule is NC(Cc1ccco1)c1ccoc1. The molecule has 0 saturated heterocycles. The predicted octanol–water partition coefficient (Wildman–Crippen LogP) is 2.12. The van der Waals surface area contributed by atoms with Gasteiger partial charge in [0.1, 0.15) is 5.76 Å². The average molecular weight is 177 g/mol. The molecule has 0 aliphatic carbocycles. The van der Waals surface area contributed by atoms with Crippen LogP contribution in [0.3, 0.4) is 0 Å². The van der Waals surface area contributed by atoms with Gasteiger partial charge in [-0.2, -0.15) is 0 Å². The Morgan fingerprint density at radius 3 is 2.85 bits per heavy atom. The number of nitrogens with two attached hydrogens (primary N) is 1. The summed E-state index contributed by atoms with van der Waals surface area (Å²) >= 11 is 0. The first-order valence-electron chi connectivity index (χ1n) is 4.16. The third-order valence-corrected chi connectivity index (χ3v) is 1.97. The van der Waals surface area contributed by atoms with E-state index >= 15 is 0 Å². The lowest BCUT2D eigenvalue weighted by Crippen LogP contribution is -2.11. The van der Waals surface area contributed by atoms with E-state index in [4.69, 9.17) is 14.6 Å². The molecule has 68 valence electrons. The fraction of sp³-hybridized carbons (Fsp3) is 0.200. The van der Waals surface area contributed by atoms with E-state index in [1.807, 2.05) is 18.2 Å². The van der Waals surface area contributed by atoms with Gasteiger partial charge in [0.25, 0.3) is 0 Å². The molecule has 0 saturated carbocycles. The number of furan rings is 2. The summed E-state index contributed by atoms with van der Waals surface area (Å²) in [6, 6.07) is 5.59. The Hall–Kier alpha value is -1.48. The van der Waals surface area contributed by atoms with Gasteiger partial charge < -0.3 is 14.6 Å². The van der Waals surface area contributed by atoms with Crippen LogP contribution >= 0.6 is 0 Å². The zero-order chi connectivity index (χ0) is 9.10. The van der Waals surface area contributed by atoms with Crippen LogP contribution in [0.15, 0.2) is 45.8 Å². The van der Waals surface area contributed by atoms with Crippen LogP contribution in [0.2, 0.25) is 0 Å². The van der Waals surface area contributed by atoms with Crippen molar-refractivity contribution < 1.29 is 8.83 Å². The first-order valence-corrected chi connectivity index (χ1v) is 4.16. The smallest absolute Gasteiger partial charge is 0.105 e. The van der Waals surface area contributed by atoms with Crippen molar-refractivity contribution in [3.05, 3.63) is 48.3 Å². The van der Waals surface area contributed by atoms with E-state index in [1.54, 1.807) is 18.8 Å². The standard InChI is InChI=1S/C10H11NO2/c11-10(8-3-5-12-7-8)6-9-2-1-4-13-9/h1-5,7,10H,6,11H2. The molecule has 0 amide bonds. The van der Waals surface area contributed by atoms with Crippen LogP contribution in [0.25, 0.3) is 0 Å². The first-order chi connectivity index (χ1) is 6.36. The quantitative estimate of drug-likeness (QED) is 0.781. The minimum Gasteiger partial charge on any atom is -0.472 e. The molecule has 0 bridgehead atoms. The topological polar surface area (TPSA) is 52.3 Å². The number of hydrogen-bond acceptors (Lipinski definition) is 3.